The number of nitro benzene ring substituents is 1. The second-order valence-electron chi connectivity index (χ2n) is 6.64. The van der Waals surface area contributed by atoms with Crippen LogP contribution in [0, 0.1) is 10.1 Å². The molecule has 0 aliphatic rings. The van der Waals surface area contributed by atoms with Crippen LogP contribution in [0.25, 0.3) is 0 Å². The number of carbonyl (C=O) groups excluding carboxylic acids is 1. The molecule has 138 valence electrons. The molecule has 0 atom stereocenters. The minimum atomic E-state index is -3.73. The van der Waals surface area contributed by atoms with Crippen LogP contribution < -0.4 is 10.0 Å². The molecule has 0 unspecified atom stereocenters. The van der Waals surface area contributed by atoms with Crippen molar-refractivity contribution < 1.29 is 18.1 Å². The maximum absolute atomic E-state index is 12.4. The van der Waals surface area contributed by atoms with E-state index in [9.17, 15) is 23.3 Å². The van der Waals surface area contributed by atoms with Gasteiger partial charge in [0, 0.05) is 28.9 Å². The number of benzene rings is 2. The molecular formula is C17H19N3O5S. The van der Waals surface area contributed by atoms with E-state index in [1.807, 2.05) is 0 Å². The third kappa shape index (κ3) is 5.11. The van der Waals surface area contributed by atoms with Crippen molar-refractivity contribution in [1.29, 1.82) is 0 Å². The van der Waals surface area contributed by atoms with Crippen LogP contribution in [-0.4, -0.2) is 24.8 Å². The summed E-state index contributed by atoms with van der Waals surface area (Å²) in [5.41, 5.74) is -0.249. The zero-order chi connectivity index (χ0) is 19.5. The summed E-state index contributed by atoms with van der Waals surface area (Å²) in [5, 5.41) is 13.2. The first-order valence-electron chi connectivity index (χ1n) is 7.68. The van der Waals surface area contributed by atoms with Crippen LogP contribution in [0.3, 0.4) is 0 Å². The minimum absolute atomic E-state index is 0.0222. The highest BCUT2D eigenvalue weighted by Gasteiger charge is 2.22. The van der Waals surface area contributed by atoms with Crippen molar-refractivity contribution in [3.8, 4) is 0 Å². The number of hydrogen-bond acceptors (Lipinski definition) is 5. The highest BCUT2D eigenvalue weighted by Crippen LogP contribution is 2.19. The molecule has 2 rings (SSSR count). The van der Waals surface area contributed by atoms with Gasteiger partial charge in [0.05, 0.1) is 9.82 Å². The minimum Gasteiger partial charge on any atom is -0.322 e. The second-order valence-corrected chi connectivity index (χ2v) is 8.32. The summed E-state index contributed by atoms with van der Waals surface area (Å²) in [6.07, 6.45) is 0. The number of carbonyl (C=O) groups is 1. The Morgan fingerprint density at radius 3 is 2.23 bits per heavy atom. The van der Waals surface area contributed by atoms with Crippen LogP contribution in [-0.2, 0) is 10.0 Å². The molecule has 0 heterocycles. The molecule has 2 N–H and O–H groups in total. The average Bonchev–Trinajstić information content (AvgIpc) is 2.53. The lowest BCUT2D eigenvalue weighted by atomic mass is 10.1. The van der Waals surface area contributed by atoms with Crippen LogP contribution in [0.5, 0.6) is 0 Å². The molecule has 0 saturated carbocycles. The standard InChI is InChI=1S/C17H19N3O5S/c1-17(2,3)19-26(24,25)15-6-4-5-13(11-15)18-16(21)12-7-9-14(10-8-12)20(22)23/h4-11,19H,1-3H3,(H,18,21). The number of anilines is 1. The lowest BCUT2D eigenvalue weighted by molar-refractivity contribution is -0.384. The van der Waals surface area contributed by atoms with Gasteiger partial charge >= 0.3 is 0 Å². The Hall–Kier alpha value is -2.78. The van der Waals surface area contributed by atoms with E-state index in [0.717, 1.165) is 0 Å². The maximum atomic E-state index is 12.4. The first-order chi connectivity index (χ1) is 12.0. The summed E-state index contributed by atoms with van der Waals surface area (Å²) < 4.78 is 27.3. The third-order valence-corrected chi connectivity index (χ3v) is 4.94. The van der Waals surface area contributed by atoms with Gasteiger partial charge in [-0.1, -0.05) is 6.07 Å². The van der Waals surface area contributed by atoms with Crippen molar-refractivity contribution in [1.82, 2.24) is 4.72 Å². The van der Waals surface area contributed by atoms with Gasteiger partial charge in [-0.15, -0.1) is 0 Å². The fourth-order valence-electron chi connectivity index (χ4n) is 2.14. The molecule has 9 heteroatoms. The maximum Gasteiger partial charge on any atom is 0.269 e. The van der Waals surface area contributed by atoms with E-state index in [0.29, 0.717) is 5.69 Å². The van der Waals surface area contributed by atoms with Crippen molar-refractivity contribution in [3.63, 3.8) is 0 Å². The van der Waals surface area contributed by atoms with Crippen LogP contribution in [0.15, 0.2) is 53.4 Å². The Morgan fingerprint density at radius 1 is 1.08 bits per heavy atom. The Labute approximate surface area is 151 Å². The van der Waals surface area contributed by atoms with E-state index in [1.165, 1.54) is 42.5 Å². The predicted molar refractivity (Wildman–Crippen MR) is 97.6 cm³/mol. The second kappa shape index (κ2) is 7.22. The van der Waals surface area contributed by atoms with Gasteiger partial charge in [-0.3, -0.25) is 14.9 Å². The first kappa shape index (κ1) is 19.5. The van der Waals surface area contributed by atoms with Gasteiger partial charge in [0.15, 0.2) is 0 Å². The van der Waals surface area contributed by atoms with Crippen molar-refractivity contribution >= 4 is 27.3 Å². The molecule has 1 amide bonds. The molecule has 0 aromatic heterocycles. The van der Waals surface area contributed by atoms with Crippen molar-refractivity contribution in [2.45, 2.75) is 31.2 Å². The Balaban J connectivity index is 2.20. The zero-order valence-electron chi connectivity index (χ0n) is 14.5. The van der Waals surface area contributed by atoms with Crippen LogP contribution >= 0.6 is 0 Å². The molecule has 2 aromatic rings. The number of rotatable bonds is 5. The van der Waals surface area contributed by atoms with Crippen molar-refractivity contribution in [3.05, 3.63) is 64.2 Å². The molecule has 0 saturated heterocycles. The molecule has 0 aliphatic carbocycles. The molecule has 0 radical (unpaired) electrons. The van der Waals surface area contributed by atoms with E-state index in [2.05, 4.69) is 10.0 Å². The largest absolute Gasteiger partial charge is 0.322 e. The van der Waals surface area contributed by atoms with Crippen LogP contribution in [0.1, 0.15) is 31.1 Å². The SMILES string of the molecule is CC(C)(C)NS(=O)(=O)c1cccc(NC(=O)c2ccc([N+](=O)[O-])cc2)c1. The number of nitro groups is 1. The molecule has 8 nitrogen and oxygen atoms in total. The Kier molecular flexibility index (Phi) is 5.43. The lowest BCUT2D eigenvalue weighted by Gasteiger charge is -2.20. The van der Waals surface area contributed by atoms with Crippen molar-refractivity contribution in [2.24, 2.45) is 0 Å². The zero-order valence-corrected chi connectivity index (χ0v) is 15.3. The van der Waals surface area contributed by atoms with Gasteiger partial charge < -0.3 is 5.32 Å². The Bertz CT molecular complexity index is 932. The van der Waals surface area contributed by atoms with Crippen molar-refractivity contribution in [2.75, 3.05) is 5.32 Å². The van der Waals surface area contributed by atoms with Gasteiger partial charge in [0.2, 0.25) is 10.0 Å². The summed E-state index contributed by atoms with van der Waals surface area (Å²) >= 11 is 0. The van der Waals surface area contributed by atoms with Gasteiger partial charge in [0.1, 0.15) is 0 Å². The van der Waals surface area contributed by atoms with Gasteiger partial charge in [0.25, 0.3) is 11.6 Å². The average molecular weight is 377 g/mol. The Morgan fingerprint density at radius 2 is 1.69 bits per heavy atom. The predicted octanol–water partition coefficient (Wildman–Crippen LogP) is 2.92. The molecule has 2 aromatic carbocycles. The monoisotopic (exact) mass is 377 g/mol. The van der Waals surface area contributed by atoms with Gasteiger partial charge in [-0.25, -0.2) is 13.1 Å². The molecule has 0 spiro atoms. The topological polar surface area (TPSA) is 118 Å². The molecular weight excluding hydrogens is 358 g/mol. The van der Waals surface area contributed by atoms with Crippen LogP contribution in [0.2, 0.25) is 0 Å². The van der Waals surface area contributed by atoms with E-state index < -0.39 is 26.4 Å². The van der Waals surface area contributed by atoms with Gasteiger partial charge in [-0.2, -0.15) is 0 Å². The number of sulfonamides is 1. The van der Waals surface area contributed by atoms with Gasteiger partial charge in [-0.05, 0) is 51.1 Å². The highest BCUT2D eigenvalue weighted by molar-refractivity contribution is 7.89. The first-order valence-corrected chi connectivity index (χ1v) is 9.16. The van der Waals surface area contributed by atoms with Crippen LogP contribution in [0.4, 0.5) is 11.4 Å². The lowest BCUT2D eigenvalue weighted by Crippen LogP contribution is -2.40. The summed E-state index contributed by atoms with van der Waals surface area (Å²) in [4.78, 5) is 22.3. The molecule has 0 aliphatic heterocycles. The fraction of sp³-hybridized carbons (Fsp3) is 0.235. The number of nitrogens with zero attached hydrogens (tertiary/aromatic N) is 1. The van der Waals surface area contributed by atoms with E-state index in [4.69, 9.17) is 0 Å². The number of nitrogens with one attached hydrogen (secondary N) is 2. The third-order valence-electron chi connectivity index (χ3n) is 3.18. The fourth-order valence-corrected chi connectivity index (χ4v) is 3.60. The molecule has 26 heavy (non-hydrogen) atoms. The van der Waals surface area contributed by atoms with E-state index >= 15 is 0 Å². The normalized spacial score (nSPS) is 11.8. The van der Waals surface area contributed by atoms with E-state index in [-0.39, 0.29) is 16.1 Å². The molecule has 0 bridgehead atoms. The summed E-state index contributed by atoms with van der Waals surface area (Å²) in [6.45, 7) is 5.18. The summed E-state index contributed by atoms with van der Waals surface area (Å²) in [5.74, 6) is -0.502. The van der Waals surface area contributed by atoms with E-state index in [1.54, 1.807) is 26.8 Å². The molecule has 0 fully saturated rings. The quantitative estimate of drug-likeness (QED) is 0.613. The smallest absolute Gasteiger partial charge is 0.269 e. The summed E-state index contributed by atoms with van der Waals surface area (Å²) in [6, 6.07) is 10.9. The summed E-state index contributed by atoms with van der Waals surface area (Å²) in [7, 11) is -3.73. The number of amides is 1. The highest BCUT2D eigenvalue weighted by atomic mass is 32.2. The number of hydrogen-bond donors (Lipinski definition) is 2. The number of non-ortho nitro benzene ring substituents is 1.